The summed E-state index contributed by atoms with van der Waals surface area (Å²) in [5.41, 5.74) is 3.28. The monoisotopic (exact) mass is 707 g/mol. The van der Waals surface area contributed by atoms with Gasteiger partial charge >= 0.3 is 11.9 Å². The molecule has 2 unspecified atom stereocenters. The summed E-state index contributed by atoms with van der Waals surface area (Å²) in [5.74, 6) is 3.49. The standard InChI is InChI=1S/C40H68O5.C3H8.H3P/c1-13-39(11,38(42)43-28(4)5)25-23-35(41)44-36-31(8)32(9)37-34(33(36)10)22-26-40(12,45-37)24-16-21-30(7)20-15-19-29(6)18-14-17-27(2)3;1-3-2;/h27-30H,13-26H2,1-12H3;3H2,1-2H3;1H3/t29-,30+,39?,40-;;/m1../s1. The minimum absolute atomic E-state index is 0. The van der Waals surface area contributed by atoms with Crippen molar-refractivity contribution in [3.63, 3.8) is 0 Å². The second-order valence-corrected chi connectivity index (χ2v) is 16.5. The first-order valence-corrected chi connectivity index (χ1v) is 19.7. The lowest BCUT2D eigenvalue weighted by Crippen LogP contribution is -2.37. The van der Waals surface area contributed by atoms with Gasteiger partial charge in [-0.1, -0.05) is 99.8 Å². The van der Waals surface area contributed by atoms with Crippen molar-refractivity contribution in [3.05, 3.63) is 22.3 Å². The van der Waals surface area contributed by atoms with Crippen LogP contribution in [-0.4, -0.2) is 23.6 Å². The maximum atomic E-state index is 13.0. The van der Waals surface area contributed by atoms with Gasteiger partial charge in [-0.3, -0.25) is 9.59 Å². The lowest BCUT2D eigenvalue weighted by Gasteiger charge is -2.38. The summed E-state index contributed by atoms with van der Waals surface area (Å²) in [4.78, 5) is 25.7. The zero-order chi connectivity index (χ0) is 36.7. The van der Waals surface area contributed by atoms with Crippen LogP contribution in [0.15, 0.2) is 0 Å². The maximum absolute atomic E-state index is 13.0. The van der Waals surface area contributed by atoms with Gasteiger partial charge < -0.3 is 14.2 Å². The molecule has 0 spiro atoms. The number of fused-ring (bicyclic) bond motifs is 1. The molecule has 1 aromatic rings. The number of carbonyl (C=O) groups is 2. The molecule has 5 atom stereocenters. The second-order valence-electron chi connectivity index (χ2n) is 16.5. The number of esters is 2. The normalized spacial score (nSPS) is 17.9. The van der Waals surface area contributed by atoms with E-state index in [0.29, 0.717) is 18.6 Å². The quantitative estimate of drug-likeness (QED) is 0.0814. The molecular formula is C43H79O5P. The van der Waals surface area contributed by atoms with Crippen LogP contribution in [0.4, 0.5) is 0 Å². The Morgan fingerprint density at radius 2 is 1.37 bits per heavy atom. The SMILES string of the molecule is CCC.CCC(C)(CCC(=O)Oc1c(C)c(C)c2c(c1C)CC[C@@](C)(CCC[C@@H](C)CCC[C@H](C)CCCC(C)C)O2)C(=O)OC(C)C.P. The van der Waals surface area contributed by atoms with Gasteiger partial charge in [0.1, 0.15) is 17.1 Å². The number of hydrogen-bond acceptors (Lipinski definition) is 5. The average molecular weight is 707 g/mol. The zero-order valence-corrected chi connectivity index (χ0v) is 36.1. The maximum Gasteiger partial charge on any atom is 0.312 e. The Balaban J connectivity index is 0.00000554. The van der Waals surface area contributed by atoms with Crippen molar-refractivity contribution in [3.8, 4) is 11.5 Å². The Morgan fingerprint density at radius 3 is 1.88 bits per heavy atom. The average Bonchev–Trinajstić information content (AvgIpc) is 3.00. The molecule has 0 radical (unpaired) electrons. The molecule has 0 fully saturated rings. The summed E-state index contributed by atoms with van der Waals surface area (Å²) in [6.45, 7) is 29.7. The molecule has 6 heteroatoms. The molecule has 0 aliphatic carbocycles. The zero-order valence-electron chi connectivity index (χ0n) is 34.7. The van der Waals surface area contributed by atoms with Gasteiger partial charge in [-0.2, -0.15) is 9.90 Å². The largest absolute Gasteiger partial charge is 0.487 e. The van der Waals surface area contributed by atoms with Crippen LogP contribution in [0.3, 0.4) is 0 Å². The van der Waals surface area contributed by atoms with Gasteiger partial charge in [-0.25, -0.2) is 0 Å². The smallest absolute Gasteiger partial charge is 0.312 e. The van der Waals surface area contributed by atoms with Gasteiger partial charge in [-0.05, 0) is 121 Å². The highest BCUT2D eigenvalue weighted by Gasteiger charge is 2.36. The van der Waals surface area contributed by atoms with Gasteiger partial charge in [0, 0.05) is 12.0 Å². The van der Waals surface area contributed by atoms with Crippen molar-refractivity contribution in [1.82, 2.24) is 0 Å². The van der Waals surface area contributed by atoms with Crippen LogP contribution in [0.1, 0.15) is 188 Å². The first-order chi connectivity index (χ1) is 22.4. The minimum Gasteiger partial charge on any atom is -0.487 e. The summed E-state index contributed by atoms with van der Waals surface area (Å²) in [6, 6.07) is 0. The van der Waals surface area contributed by atoms with Crippen LogP contribution in [0.2, 0.25) is 0 Å². The molecule has 0 amide bonds. The molecule has 2 rings (SSSR count). The van der Waals surface area contributed by atoms with E-state index in [4.69, 9.17) is 14.2 Å². The van der Waals surface area contributed by atoms with E-state index in [0.717, 1.165) is 65.0 Å². The van der Waals surface area contributed by atoms with Crippen molar-refractivity contribution in [1.29, 1.82) is 0 Å². The van der Waals surface area contributed by atoms with Crippen LogP contribution < -0.4 is 9.47 Å². The van der Waals surface area contributed by atoms with E-state index in [1.54, 1.807) is 0 Å². The van der Waals surface area contributed by atoms with Crippen molar-refractivity contribution >= 4 is 21.8 Å². The van der Waals surface area contributed by atoms with Crippen LogP contribution in [0.5, 0.6) is 11.5 Å². The topological polar surface area (TPSA) is 61.8 Å². The lowest BCUT2D eigenvalue weighted by molar-refractivity contribution is -0.160. The Hall–Kier alpha value is -1.61. The van der Waals surface area contributed by atoms with E-state index in [1.165, 1.54) is 57.8 Å². The highest BCUT2D eigenvalue weighted by atomic mass is 31.0. The molecule has 286 valence electrons. The molecule has 1 aliphatic rings. The highest BCUT2D eigenvalue weighted by molar-refractivity contribution is 6.92. The fourth-order valence-electron chi connectivity index (χ4n) is 6.74. The summed E-state index contributed by atoms with van der Waals surface area (Å²) in [5, 5.41) is 0. The van der Waals surface area contributed by atoms with E-state index in [9.17, 15) is 9.59 Å². The molecular weight excluding hydrogens is 627 g/mol. The van der Waals surface area contributed by atoms with Gasteiger partial charge in [0.05, 0.1) is 11.5 Å². The number of benzene rings is 1. The van der Waals surface area contributed by atoms with Gasteiger partial charge in [0.15, 0.2) is 0 Å². The first-order valence-electron chi connectivity index (χ1n) is 19.7. The van der Waals surface area contributed by atoms with Crippen molar-refractivity contribution in [2.24, 2.45) is 23.2 Å². The van der Waals surface area contributed by atoms with Crippen molar-refractivity contribution < 1.29 is 23.8 Å². The van der Waals surface area contributed by atoms with E-state index in [2.05, 4.69) is 55.4 Å². The summed E-state index contributed by atoms with van der Waals surface area (Å²) in [6.07, 6.45) is 15.8. The van der Waals surface area contributed by atoms with Crippen LogP contribution in [-0.2, 0) is 20.7 Å². The molecule has 0 saturated heterocycles. The third-order valence-electron chi connectivity index (χ3n) is 10.6. The van der Waals surface area contributed by atoms with Crippen molar-refractivity contribution in [2.45, 2.75) is 205 Å². The predicted octanol–water partition coefficient (Wildman–Crippen LogP) is 12.7. The van der Waals surface area contributed by atoms with Gasteiger partial charge in [0.2, 0.25) is 0 Å². The van der Waals surface area contributed by atoms with E-state index in [1.807, 2.05) is 41.5 Å². The Kier molecular flexibility index (Phi) is 22.3. The third-order valence-corrected chi connectivity index (χ3v) is 10.6. The molecule has 1 aliphatic heterocycles. The third kappa shape index (κ3) is 16.1. The Morgan fingerprint density at radius 1 is 0.837 bits per heavy atom. The van der Waals surface area contributed by atoms with E-state index >= 15 is 0 Å². The van der Waals surface area contributed by atoms with Crippen LogP contribution >= 0.6 is 9.90 Å². The molecule has 1 heterocycles. The fraction of sp³-hybridized carbons (Fsp3) is 0.814. The first kappa shape index (κ1) is 47.4. The molecule has 0 aromatic heterocycles. The van der Waals surface area contributed by atoms with E-state index in [-0.39, 0.29) is 40.0 Å². The fourth-order valence-corrected chi connectivity index (χ4v) is 6.74. The Labute approximate surface area is 306 Å². The Bertz CT molecular complexity index is 1130. The molecule has 0 bridgehead atoms. The number of rotatable bonds is 19. The molecule has 5 nitrogen and oxygen atoms in total. The number of carbonyl (C=O) groups excluding carboxylic acids is 2. The van der Waals surface area contributed by atoms with Gasteiger partial charge in [-0.15, -0.1) is 0 Å². The highest BCUT2D eigenvalue weighted by Crippen LogP contribution is 2.45. The van der Waals surface area contributed by atoms with Gasteiger partial charge in [0.25, 0.3) is 0 Å². The molecule has 0 N–H and O–H groups in total. The van der Waals surface area contributed by atoms with Crippen LogP contribution in [0.25, 0.3) is 0 Å². The summed E-state index contributed by atoms with van der Waals surface area (Å²) < 4.78 is 18.2. The number of ether oxygens (including phenoxy) is 3. The van der Waals surface area contributed by atoms with Crippen LogP contribution in [0, 0.1) is 43.9 Å². The second kappa shape index (κ2) is 23.1. The summed E-state index contributed by atoms with van der Waals surface area (Å²) in [7, 11) is 0. The molecule has 1 aromatic carbocycles. The lowest BCUT2D eigenvalue weighted by atomic mass is 9.82. The molecule has 49 heavy (non-hydrogen) atoms. The van der Waals surface area contributed by atoms with Crippen molar-refractivity contribution in [2.75, 3.05) is 0 Å². The molecule has 0 saturated carbocycles. The number of hydrogen-bond donors (Lipinski definition) is 0. The summed E-state index contributed by atoms with van der Waals surface area (Å²) >= 11 is 0. The predicted molar refractivity (Wildman–Crippen MR) is 214 cm³/mol. The minimum atomic E-state index is -0.708. The van der Waals surface area contributed by atoms with E-state index < -0.39 is 5.41 Å².